The van der Waals surface area contributed by atoms with Gasteiger partial charge in [-0.2, -0.15) is 5.10 Å². The summed E-state index contributed by atoms with van der Waals surface area (Å²) < 4.78 is 6.64. The van der Waals surface area contributed by atoms with Crippen LogP contribution in [-0.4, -0.2) is 45.8 Å². The normalized spacial score (nSPS) is 13.7. The minimum Gasteiger partial charge on any atom is -0.482 e. The molecule has 9 heteroatoms. The number of aliphatic carboxylic acids is 1. The number of hydrogen-bond donors (Lipinski definition) is 2. The number of carboxylic acids is 1. The first-order chi connectivity index (χ1) is 12.8. The zero-order chi connectivity index (χ0) is 19.6. The lowest BCUT2D eigenvalue weighted by Gasteiger charge is -2.29. The van der Waals surface area contributed by atoms with Gasteiger partial charge in [0.1, 0.15) is 5.75 Å². The van der Waals surface area contributed by atoms with Gasteiger partial charge in [-0.25, -0.2) is 4.79 Å². The molecule has 0 atom stereocenters. The Bertz CT molecular complexity index is 889. The molecule has 2 aromatic rings. The van der Waals surface area contributed by atoms with E-state index in [4.69, 9.17) is 4.74 Å². The van der Waals surface area contributed by atoms with Crippen molar-refractivity contribution in [2.75, 3.05) is 23.4 Å². The second-order valence-corrected chi connectivity index (χ2v) is 6.64. The van der Waals surface area contributed by atoms with Crippen molar-refractivity contribution in [2.45, 2.75) is 25.8 Å². The number of amides is 2. The van der Waals surface area contributed by atoms with Gasteiger partial charge in [-0.1, -0.05) is 12.1 Å². The first-order valence-corrected chi connectivity index (χ1v) is 8.39. The number of anilines is 2. The van der Waals surface area contributed by atoms with Crippen molar-refractivity contribution >= 4 is 29.2 Å². The standard InChI is InChI=1S/C18H20N4O5/c1-18(2,17(25)26)22-10-12(9-19-22)20-15(23)7-8-21-13-5-3-4-6-14(13)27-11-16(21)24/h3-6,9-10H,7-8,11H2,1-2H3,(H,20,23)(H,25,26). The van der Waals surface area contributed by atoms with Gasteiger partial charge in [-0.05, 0) is 26.0 Å². The van der Waals surface area contributed by atoms with E-state index in [1.54, 1.807) is 18.2 Å². The molecule has 1 aliphatic heterocycles. The van der Waals surface area contributed by atoms with Crippen LogP contribution >= 0.6 is 0 Å². The summed E-state index contributed by atoms with van der Waals surface area (Å²) >= 11 is 0. The van der Waals surface area contributed by atoms with Gasteiger partial charge < -0.3 is 20.1 Å². The lowest BCUT2D eigenvalue weighted by atomic mass is 10.1. The molecular weight excluding hydrogens is 352 g/mol. The molecule has 2 amide bonds. The predicted octanol–water partition coefficient (Wildman–Crippen LogP) is 1.46. The molecule has 1 aromatic heterocycles. The Morgan fingerprint density at radius 3 is 2.81 bits per heavy atom. The highest BCUT2D eigenvalue weighted by Crippen LogP contribution is 2.31. The molecule has 0 saturated carbocycles. The Labute approximate surface area is 155 Å². The van der Waals surface area contributed by atoms with Gasteiger partial charge in [0.25, 0.3) is 5.91 Å². The van der Waals surface area contributed by atoms with E-state index in [1.807, 2.05) is 6.07 Å². The number of para-hydroxylation sites is 2. The maximum atomic E-state index is 12.2. The predicted molar refractivity (Wildman–Crippen MR) is 96.7 cm³/mol. The highest BCUT2D eigenvalue weighted by Gasteiger charge is 2.30. The van der Waals surface area contributed by atoms with Gasteiger partial charge in [0.15, 0.2) is 12.1 Å². The van der Waals surface area contributed by atoms with E-state index in [2.05, 4.69) is 10.4 Å². The van der Waals surface area contributed by atoms with Gasteiger partial charge in [0.05, 0.1) is 17.6 Å². The Morgan fingerprint density at radius 2 is 2.07 bits per heavy atom. The molecular formula is C18H20N4O5. The number of rotatable bonds is 6. The van der Waals surface area contributed by atoms with E-state index in [-0.39, 0.29) is 31.4 Å². The molecule has 1 aliphatic rings. The van der Waals surface area contributed by atoms with E-state index in [0.29, 0.717) is 17.1 Å². The summed E-state index contributed by atoms with van der Waals surface area (Å²) in [4.78, 5) is 37.1. The minimum absolute atomic E-state index is 0.0598. The van der Waals surface area contributed by atoms with Crippen LogP contribution in [0.25, 0.3) is 0 Å². The maximum Gasteiger partial charge on any atom is 0.331 e. The smallest absolute Gasteiger partial charge is 0.331 e. The minimum atomic E-state index is -1.23. The molecule has 3 rings (SSSR count). The fraction of sp³-hybridized carbons (Fsp3) is 0.333. The highest BCUT2D eigenvalue weighted by molar-refractivity contribution is 5.99. The molecule has 0 unspecified atom stereocenters. The van der Waals surface area contributed by atoms with Gasteiger partial charge in [-0.3, -0.25) is 14.3 Å². The number of hydrogen-bond acceptors (Lipinski definition) is 5. The van der Waals surface area contributed by atoms with Crippen LogP contribution in [-0.2, 0) is 19.9 Å². The summed E-state index contributed by atoms with van der Waals surface area (Å²) in [6, 6.07) is 7.15. The number of carbonyl (C=O) groups excluding carboxylic acids is 2. The van der Waals surface area contributed by atoms with E-state index >= 15 is 0 Å². The average Bonchev–Trinajstić information content (AvgIpc) is 3.10. The summed E-state index contributed by atoms with van der Waals surface area (Å²) in [5.74, 6) is -0.945. The molecule has 2 N–H and O–H groups in total. The van der Waals surface area contributed by atoms with E-state index < -0.39 is 11.5 Å². The number of nitrogens with zero attached hydrogens (tertiary/aromatic N) is 3. The summed E-state index contributed by atoms with van der Waals surface area (Å²) in [7, 11) is 0. The van der Waals surface area contributed by atoms with Crippen LogP contribution < -0.4 is 15.0 Å². The second kappa shape index (κ2) is 7.10. The largest absolute Gasteiger partial charge is 0.482 e. The lowest BCUT2D eigenvalue weighted by molar-refractivity contribution is -0.146. The van der Waals surface area contributed by atoms with E-state index in [9.17, 15) is 19.5 Å². The Hall–Kier alpha value is -3.36. The van der Waals surface area contributed by atoms with Crippen LogP contribution in [0, 0.1) is 0 Å². The number of benzene rings is 1. The Morgan fingerprint density at radius 1 is 1.33 bits per heavy atom. The fourth-order valence-corrected chi connectivity index (χ4v) is 2.63. The molecule has 1 aromatic carbocycles. The SMILES string of the molecule is CC(C)(C(=O)O)n1cc(NC(=O)CCN2C(=O)COc3ccccc32)cn1. The van der Waals surface area contributed by atoms with Crippen molar-refractivity contribution in [2.24, 2.45) is 0 Å². The Balaban J connectivity index is 1.62. The van der Waals surface area contributed by atoms with Crippen LogP contribution in [0.15, 0.2) is 36.7 Å². The van der Waals surface area contributed by atoms with Crippen molar-refractivity contribution in [3.05, 3.63) is 36.7 Å². The van der Waals surface area contributed by atoms with Gasteiger partial charge in [0, 0.05) is 19.2 Å². The zero-order valence-electron chi connectivity index (χ0n) is 15.0. The van der Waals surface area contributed by atoms with Crippen LogP contribution in [0.4, 0.5) is 11.4 Å². The highest BCUT2D eigenvalue weighted by atomic mass is 16.5. The average molecular weight is 372 g/mol. The molecule has 0 fully saturated rings. The lowest BCUT2D eigenvalue weighted by Crippen LogP contribution is -2.40. The summed E-state index contributed by atoms with van der Waals surface area (Å²) in [5.41, 5.74) is -0.201. The molecule has 0 aliphatic carbocycles. The van der Waals surface area contributed by atoms with E-state index in [0.717, 1.165) is 0 Å². The molecule has 0 radical (unpaired) electrons. The molecule has 2 heterocycles. The third kappa shape index (κ3) is 3.76. The number of nitrogens with one attached hydrogen (secondary N) is 1. The second-order valence-electron chi connectivity index (χ2n) is 6.64. The quantitative estimate of drug-likeness (QED) is 0.793. The first kappa shape index (κ1) is 18.4. The number of carboxylic acid groups (broad SMARTS) is 1. The monoisotopic (exact) mass is 372 g/mol. The van der Waals surface area contributed by atoms with Crippen LogP contribution in [0.1, 0.15) is 20.3 Å². The van der Waals surface area contributed by atoms with Crippen LogP contribution in [0.5, 0.6) is 5.75 Å². The van der Waals surface area contributed by atoms with Crippen molar-refractivity contribution in [1.82, 2.24) is 9.78 Å². The topological polar surface area (TPSA) is 114 Å². The van der Waals surface area contributed by atoms with Gasteiger partial charge in [0.2, 0.25) is 5.91 Å². The molecule has 0 saturated heterocycles. The van der Waals surface area contributed by atoms with Gasteiger partial charge in [-0.15, -0.1) is 0 Å². The first-order valence-electron chi connectivity index (χ1n) is 8.39. The van der Waals surface area contributed by atoms with Crippen molar-refractivity contribution in [1.29, 1.82) is 0 Å². The third-order valence-corrected chi connectivity index (χ3v) is 4.33. The van der Waals surface area contributed by atoms with Crippen molar-refractivity contribution in [3.8, 4) is 5.75 Å². The zero-order valence-corrected chi connectivity index (χ0v) is 15.0. The van der Waals surface area contributed by atoms with Crippen LogP contribution in [0.3, 0.4) is 0 Å². The molecule has 0 spiro atoms. The fourth-order valence-electron chi connectivity index (χ4n) is 2.63. The maximum absolute atomic E-state index is 12.2. The third-order valence-electron chi connectivity index (χ3n) is 4.33. The molecule has 0 bridgehead atoms. The summed E-state index contributed by atoms with van der Waals surface area (Å²) in [6.45, 7) is 3.17. The number of fused-ring (bicyclic) bond motifs is 1. The number of ether oxygens (including phenoxy) is 1. The molecule has 9 nitrogen and oxygen atoms in total. The van der Waals surface area contributed by atoms with Crippen LogP contribution in [0.2, 0.25) is 0 Å². The summed E-state index contributed by atoms with van der Waals surface area (Å²) in [5, 5.41) is 15.9. The van der Waals surface area contributed by atoms with Gasteiger partial charge >= 0.3 is 5.97 Å². The summed E-state index contributed by atoms with van der Waals surface area (Å²) in [6.07, 6.45) is 2.92. The number of aromatic nitrogens is 2. The van der Waals surface area contributed by atoms with E-state index in [1.165, 1.54) is 35.8 Å². The Kier molecular flexibility index (Phi) is 4.85. The van der Waals surface area contributed by atoms with Crippen molar-refractivity contribution in [3.63, 3.8) is 0 Å². The molecule has 142 valence electrons. The molecule has 27 heavy (non-hydrogen) atoms. The van der Waals surface area contributed by atoms with Crippen molar-refractivity contribution < 1.29 is 24.2 Å². The number of carbonyl (C=O) groups is 3.